The molecule has 2 aromatic rings. The zero-order valence-electron chi connectivity index (χ0n) is 15.6. The first-order valence-corrected chi connectivity index (χ1v) is 10.0. The average Bonchev–Trinajstić information content (AvgIpc) is 3.07. The monoisotopic (exact) mass is 370 g/mol. The Morgan fingerprint density at radius 3 is 2.69 bits per heavy atom. The minimum atomic E-state index is 0.0268. The number of amides is 1. The molecule has 1 saturated heterocycles. The van der Waals surface area contributed by atoms with Crippen molar-refractivity contribution in [1.82, 2.24) is 9.88 Å². The van der Waals surface area contributed by atoms with Gasteiger partial charge in [0.15, 0.2) is 0 Å². The van der Waals surface area contributed by atoms with Crippen molar-refractivity contribution in [3.63, 3.8) is 0 Å². The van der Waals surface area contributed by atoms with E-state index in [2.05, 4.69) is 43.1 Å². The first-order valence-electron chi connectivity index (χ1n) is 9.12. The SMILES string of the molecule is Cc1ccc(OC2CCN(C(=O)Cc3ccc(SC(C)C)cc3)C2)nc1. The summed E-state index contributed by atoms with van der Waals surface area (Å²) in [7, 11) is 0. The number of carbonyl (C=O) groups is 1. The molecule has 0 radical (unpaired) electrons. The van der Waals surface area contributed by atoms with Gasteiger partial charge in [0.1, 0.15) is 6.10 Å². The number of hydrogen-bond donors (Lipinski definition) is 0. The van der Waals surface area contributed by atoms with Crippen LogP contribution in [0.15, 0.2) is 47.5 Å². The van der Waals surface area contributed by atoms with Crippen LogP contribution in [-0.4, -0.2) is 40.2 Å². The average molecular weight is 371 g/mol. The molecular formula is C21H26N2O2S. The van der Waals surface area contributed by atoms with Crippen LogP contribution in [0.2, 0.25) is 0 Å². The molecule has 1 aliphatic rings. The molecule has 1 atom stereocenters. The van der Waals surface area contributed by atoms with Crippen LogP contribution in [0.3, 0.4) is 0 Å². The lowest BCUT2D eigenvalue weighted by atomic mass is 10.1. The van der Waals surface area contributed by atoms with Crippen LogP contribution >= 0.6 is 11.8 Å². The Bertz CT molecular complexity index is 729. The van der Waals surface area contributed by atoms with Crippen molar-refractivity contribution < 1.29 is 9.53 Å². The van der Waals surface area contributed by atoms with Crippen molar-refractivity contribution in [2.45, 2.75) is 49.9 Å². The van der Waals surface area contributed by atoms with Gasteiger partial charge < -0.3 is 9.64 Å². The van der Waals surface area contributed by atoms with Crippen molar-refractivity contribution in [2.24, 2.45) is 0 Å². The number of likely N-dealkylation sites (tertiary alicyclic amines) is 1. The van der Waals surface area contributed by atoms with E-state index in [1.165, 1.54) is 4.90 Å². The molecule has 3 rings (SSSR count). The first kappa shape index (κ1) is 18.8. The lowest BCUT2D eigenvalue weighted by Gasteiger charge is -2.17. The van der Waals surface area contributed by atoms with Crippen LogP contribution in [0, 0.1) is 6.92 Å². The highest BCUT2D eigenvalue weighted by Gasteiger charge is 2.27. The molecule has 1 aromatic carbocycles. The van der Waals surface area contributed by atoms with E-state index in [9.17, 15) is 4.79 Å². The maximum atomic E-state index is 12.6. The fourth-order valence-electron chi connectivity index (χ4n) is 2.99. The number of ether oxygens (including phenoxy) is 1. The predicted octanol–water partition coefficient (Wildman–Crippen LogP) is 4.11. The second-order valence-electron chi connectivity index (χ2n) is 7.03. The Labute approximate surface area is 160 Å². The molecule has 2 heterocycles. The molecule has 1 aliphatic heterocycles. The Kier molecular flexibility index (Phi) is 6.20. The summed E-state index contributed by atoms with van der Waals surface area (Å²) in [5, 5.41) is 0.562. The lowest BCUT2D eigenvalue weighted by molar-refractivity contribution is -0.129. The molecular weight excluding hydrogens is 344 g/mol. The van der Waals surface area contributed by atoms with E-state index in [1.54, 1.807) is 6.20 Å². The number of benzene rings is 1. The Morgan fingerprint density at radius 1 is 1.27 bits per heavy atom. The van der Waals surface area contributed by atoms with Crippen molar-refractivity contribution >= 4 is 17.7 Å². The van der Waals surface area contributed by atoms with Gasteiger partial charge in [-0.15, -0.1) is 11.8 Å². The number of hydrogen-bond acceptors (Lipinski definition) is 4. The normalized spacial score (nSPS) is 16.9. The van der Waals surface area contributed by atoms with Gasteiger partial charge in [-0.2, -0.15) is 0 Å². The van der Waals surface area contributed by atoms with Crippen LogP contribution in [-0.2, 0) is 11.2 Å². The molecule has 1 aromatic heterocycles. The molecule has 138 valence electrons. The number of pyridine rings is 1. The Morgan fingerprint density at radius 2 is 2.04 bits per heavy atom. The smallest absolute Gasteiger partial charge is 0.227 e. The molecule has 0 aliphatic carbocycles. The van der Waals surface area contributed by atoms with Gasteiger partial charge in [0, 0.05) is 35.4 Å². The summed E-state index contributed by atoms with van der Waals surface area (Å²) >= 11 is 1.84. The third kappa shape index (κ3) is 5.24. The number of carbonyl (C=O) groups excluding carboxylic acids is 1. The Balaban J connectivity index is 1.50. The summed E-state index contributed by atoms with van der Waals surface area (Å²) < 4.78 is 5.91. The van der Waals surface area contributed by atoms with Crippen LogP contribution in [0.25, 0.3) is 0 Å². The third-order valence-corrected chi connectivity index (χ3v) is 5.34. The molecule has 1 unspecified atom stereocenters. The van der Waals surface area contributed by atoms with E-state index in [-0.39, 0.29) is 12.0 Å². The van der Waals surface area contributed by atoms with Crippen molar-refractivity contribution in [3.05, 3.63) is 53.7 Å². The highest BCUT2D eigenvalue weighted by Crippen LogP contribution is 2.23. The Hall–Kier alpha value is -2.01. The van der Waals surface area contributed by atoms with Crippen LogP contribution in [0.4, 0.5) is 0 Å². The van der Waals surface area contributed by atoms with Gasteiger partial charge >= 0.3 is 0 Å². The lowest BCUT2D eigenvalue weighted by Crippen LogP contribution is -2.32. The van der Waals surface area contributed by atoms with Crippen molar-refractivity contribution in [1.29, 1.82) is 0 Å². The summed E-state index contributed by atoms with van der Waals surface area (Å²) in [5.74, 6) is 0.797. The van der Waals surface area contributed by atoms with Crippen LogP contribution in [0.5, 0.6) is 5.88 Å². The minimum absolute atomic E-state index is 0.0268. The van der Waals surface area contributed by atoms with E-state index in [4.69, 9.17) is 4.74 Å². The zero-order valence-corrected chi connectivity index (χ0v) is 16.5. The van der Waals surface area contributed by atoms with Crippen molar-refractivity contribution in [2.75, 3.05) is 13.1 Å². The summed E-state index contributed by atoms with van der Waals surface area (Å²) in [5.41, 5.74) is 2.17. The molecule has 0 spiro atoms. The molecule has 1 fully saturated rings. The molecule has 1 amide bonds. The maximum Gasteiger partial charge on any atom is 0.227 e. The molecule has 26 heavy (non-hydrogen) atoms. The van der Waals surface area contributed by atoms with Crippen LogP contribution < -0.4 is 4.74 Å². The van der Waals surface area contributed by atoms with Crippen LogP contribution in [0.1, 0.15) is 31.4 Å². The third-order valence-electron chi connectivity index (χ3n) is 4.32. The van der Waals surface area contributed by atoms with Crippen molar-refractivity contribution in [3.8, 4) is 5.88 Å². The topological polar surface area (TPSA) is 42.4 Å². The highest BCUT2D eigenvalue weighted by atomic mass is 32.2. The molecule has 5 heteroatoms. The second kappa shape index (κ2) is 8.58. The number of thioether (sulfide) groups is 1. The van der Waals surface area contributed by atoms with Gasteiger partial charge in [-0.1, -0.05) is 32.0 Å². The number of nitrogens with zero attached hydrogens (tertiary/aromatic N) is 2. The zero-order chi connectivity index (χ0) is 18.5. The summed E-state index contributed by atoms with van der Waals surface area (Å²) in [6, 6.07) is 12.2. The fraction of sp³-hybridized carbons (Fsp3) is 0.429. The second-order valence-corrected chi connectivity index (χ2v) is 8.68. The molecule has 0 bridgehead atoms. The van der Waals surface area contributed by atoms with E-state index >= 15 is 0 Å². The molecule has 4 nitrogen and oxygen atoms in total. The predicted molar refractivity (Wildman–Crippen MR) is 106 cm³/mol. The number of rotatable bonds is 6. The van der Waals surface area contributed by atoms with E-state index in [0.29, 0.717) is 24.1 Å². The molecule has 0 saturated carbocycles. The standard InChI is InChI=1S/C21H26N2O2S/c1-15(2)26-19-7-5-17(6-8-19)12-21(24)23-11-10-18(14-23)25-20-9-4-16(3)13-22-20/h4-9,13,15,18H,10-12,14H2,1-3H3. The van der Waals surface area contributed by atoms with Gasteiger partial charge in [0.25, 0.3) is 0 Å². The van der Waals surface area contributed by atoms with Gasteiger partial charge in [-0.05, 0) is 30.2 Å². The fourth-order valence-corrected chi connectivity index (χ4v) is 3.83. The van der Waals surface area contributed by atoms with Gasteiger partial charge in [0.05, 0.1) is 13.0 Å². The first-order chi connectivity index (χ1) is 12.5. The highest BCUT2D eigenvalue weighted by molar-refractivity contribution is 7.99. The summed E-state index contributed by atoms with van der Waals surface area (Å²) in [6.07, 6.45) is 3.13. The van der Waals surface area contributed by atoms with E-state index in [1.807, 2.05) is 35.7 Å². The van der Waals surface area contributed by atoms with E-state index in [0.717, 1.165) is 24.1 Å². The summed E-state index contributed by atoms with van der Waals surface area (Å²) in [6.45, 7) is 7.74. The van der Waals surface area contributed by atoms with Gasteiger partial charge in [0.2, 0.25) is 11.8 Å². The van der Waals surface area contributed by atoms with Gasteiger partial charge in [-0.25, -0.2) is 4.98 Å². The van der Waals surface area contributed by atoms with E-state index < -0.39 is 0 Å². The van der Waals surface area contributed by atoms with Gasteiger partial charge in [-0.3, -0.25) is 4.79 Å². The summed E-state index contributed by atoms with van der Waals surface area (Å²) in [4.78, 5) is 20.0. The molecule has 0 N–H and O–H groups in total. The maximum absolute atomic E-state index is 12.6. The quantitative estimate of drug-likeness (QED) is 0.718. The number of aryl methyl sites for hydroxylation is 1. The largest absolute Gasteiger partial charge is 0.472 e. The number of aromatic nitrogens is 1. The minimum Gasteiger partial charge on any atom is -0.472 e.